The highest BCUT2D eigenvalue weighted by Gasteiger charge is 2.24. The number of nitrogens with one attached hydrogen (secondary N) is 1. The average molecular weight is 249 g/mol. The monoisotopic (exact) mass is 249 g/mol. The van der Waals surface area contributed by atoms with Crippen LogP contribution in [0.5, 0.6) is 0 Å². The number of hydrogen-bond acceptors (Lipinski definition) is 4. The molecule has 2 aliphatic rings. The van der Waals surface area contributed by atoms with Gasteiger partial charge in [-0.1, -0.05) is 5.16 Å². The molecule has 2 heterocycles. The molecule has 1 aliphatic carbocycles. The molecular formula is C14H23N3O. The highest BCUT2D eigenvalue weighted by atomic mass is 16.5. The topological polar surface area (TPSA) is 41.3 Å². The van der Waals surface area contributed by atoms with Gasteiger partial charge in [-0.05, 0) is 58.2 Å². The molecule has 0 bridgehead atoms. The fourth-order valence-corrected chi connectivity index (χ4v) is 2.68. The van der Waals surface area contributed by atoms with Crippen molar-refractivity contribution in [1.82, 2.24) is 15.4 Å². The van der Waals surface area contributed by atoms with Crippen LogP contribution in [0.2, 0.25) is 0 Å². The minimum atomic E-state index is 0.847. The minimum absolute atomic E-state index is 0.847. The normalized spacial score (nSPS) is 22.5. The molecule has 0 atom stereocenters. The van der Waals surface area contributed by atoms with Crippen molar-refractivity contribution in [2.75, 3.05) is 19.6 Å². The van der Waals surface area contributed by atoms with Crippen molar-refractivity contribution in [3.63, 3.8) is 0 Å². The van der Waals surface area contributed by atoms with Crippen LogP contribution in [0.15, 0.2) is 10.6 Å². The highest BCUT2D eigenvalue weighted by Crippen LogP contribution is 2.22. The largest absolute Gasteiger partial charge is 0.360 e. The Bertz CT molecular complexity index is 378. The maximum absolute atomic E-state index is 5.28. The third-order valence-corrected chi connectivity index (χ3v) is 4.04. The lowest BCUT2D eigenvalue weighted by atomic mass is 9.96. The molecule has 1 saturated carbocycles. The predicted octanol–water partition coefficient (Wildman–Crippen LogP) is 1.95. The maximum atomic E-state index is 5.28. The van der Waals surface area contributed by atoms with E-state index in [9.17, 15) is 0 Å². The molecule has 2 fully saturated rings. The summed E-state index contributed by atoms with van der Waals surface area (Å²) in [4.78, 5) is 2.48. The number of hydrogen-bond donors (Lipinski definition) is 1. The van der Waals surface area contributed by atoms with Gasteiger partial charge < -0.3 is 9.84 Å². The summed E-state index contributed by atoms with van der Waals surface area (Å²) in [6, 6.07) is 2.89. The lowest BCUT2D eigenvalue weighted by Gasteiger charge is -2.31. The number of likely N-dealkylation sites (tertiary alicyclic amines) is 1. The maximum Gasteiger partial charge on any atom is 0.150 e. The standard InChI is InChI=1S/C14H23N3O/c1-11-8-14(18-16-11)10-17-6-4-12(5-7-17)9-15-13-2-3-13/h8,12-13,15H,2-7,9-10H2,1H3. The van der Waals surface area contributed by atoms with Gasteiger partial charge in [-0.15, -0.1) is 0 Å². The summed E-state index contributed by atoms with van der Waals surface area (Å²) in [5.41, 5.74) is 0.980. The van der Waals surface area contributed by atoms with Crippen molar-refractivity contribution in [1.29, 1.82) is 0 Å². The predicted molar refractivity (Wildman–Crippen MR) is 70.3 cm³/mol. The first-order valence-corrected chi connectivity index (χ1v) is 7.17. The van der Waals surface area contributed by atoms with Gasteiger partial charge in [0, 0.05) is 12.1 Å². The van der Waals surface area contributed by atoms with Gasteiger partial charge in [0.05, 0.1) is 12.2 Å². The van der Waals surface area contributed by atoms with Crippen molar-refractivity contribution in [3.05, 3.63) is 17.5 Å². The van der Waals surface area contributed by atoms with Gasteiger partial charge in [-0.2, -0.15) is 0 Å². The van der Waals surface area contributed by atoms with Gasteiger partial charge in [-0.3, -0.25) is 4.90 Å². The van der Waals surface area contributed by atoms with Crippen LogP contribution in [0.25, 0.3) is 0 Å². The minimum Gasteiger partial charge on any atom is -0.360 e. The van der Waals surface area contributed by atoms with Crippen molar-refractivity contribution < 1.29 is 4.52 Å². The van der Waals surface area contributed by atoms with Gasteiger partial charge in [0.2, 0.25) is 0 Å². The molecule has 0 aromatic carbocycles. The molecule has 1 aliphatic heterocycles. The zero-order valence-corrected chi connectivity index (χ0v) is 11.2. The van der Waals surface area contributed by atoms with Crippen LogP contribution in [0, 0.1) is 12.8 Å². The first kappa shape index (κ1) is 12.2. The Morgan fingerprint density at radius 3 is 2.72 bits per heavy atom. The van der Waals surface area contributed by atoms with Gasteiger partial charge in [0.25, 0.3) is 0 Å². The first-order valence-electron chi connectivity index (χ1n) is 7.17. The molecule has 1 aromatic rings. The van der Waals surface area contributed by atoms with Gasteiger partial charge >= 0.3 is 0 Å². The zero-order valence-electron chi connectivity index (χ0n) is 11.2. The molecule has 1 N–H and O–H groups in total. The van der Waals surface area contributed by atoms with Crippen LogP contribution >= 0.6 is 0 Å². The van der Waals surface area contributed by atoms with E-state index < -0.39 is 0 Å². The number of aryl methyl sites for hydroxylation is 1. The number of aromatic nitrogens is 1. The number of rotatable bonds is 5. The van der Waals surface area contributed by atoms with Crippen LogP contribution in [-0.4, -0.2) is 35.7 Å². The summed E-state index contributed by atoms with van der Waals surface area (Å²) in [6.45, 7) is 6.50. The fraction of sp³-hybridized carbons (Fsp3) is 0.786. The lowest BCUT2D eigenvalue weighted by molar-refractivity contribution is 0.160. The van der Waals surface area contributed by atoms with Gasteiger partial charge in [0.1, 0.15) is 0 Å². The molecule has 100 valence electrons. The molecule has 0 unspecified atom stereocenters. The average Bonchev–Trinajstić information content (AvgIpc) is 3.12. The van der Waals surface area contributed by atoms with E-state index in [-0.39, 0.29) is 0 Å². The molecule has 1 saturated heterocycles. The fourth-order valence-electron chi connectivity index (χ4n) is 2.68. The Morgan fingerprint density at radius 1 is 1.33 bits per heavy atom. The van der Waals surface area contributed by atoms with Crippen LogP contribution in [0.1, 0.15) is 37.1 Å². The molecule has 4 nitrogen and oxygen atoms in total. The van der Waals surface area contributed by atoms with Crippen molar-refractivity contribution in [2.45, 2.75) is 45.2 Å². The Balaban J connectivity index is 1.39. The Hall–Kier alpha value is -0.870. The van der Waals surface area contributed by atoms with E-state index in [0.717, 1.165) is 30.0 Å². The summed E-state index contributed by atoms with van der Waals surface area (Å²) in [5, 5.41) is 7.59. The summed E-state index contributed by atoms with van der Waals surface area (Å²) >= 11 is 0. The molecular weight excluding hydrogens is 226 g/mol. The van der Waals surface area contributed by atoms with Crippen molar-refractivity contribution in [3.8, 4) is 0 Å². The van der Waals surface area contributed by atoms with E-state index >= 15 is 0 Å². The molecule has 4 heteroatoms. The van der Waals surface area contributed by atoms with E-state index in [1.54, 1.807) is 0 Å². The second kappa shape index (κ2) is 5.41. The third-order valence-electron chi connectivity index (χ3n) is 4.04. The third kappa shape index (κ3) is 3.33. The van der Waals surface area contributed by atoms with E-state index in [1.165, 1.54) is 45.3 Å². The second-order valence-electron chi connectivity index (χ2n) is 5.84. The van der Waals surface area contributed by atoms with Crippen LogP contribution in [-0.2, 0) is 6.54 Å². The van der Waals surface area contributed by atoms with Crippen molar-refractivity contribution in [2.24, 2.45) is 5.92 Å². The van der Waals surface area contributed by atoms with Crippen LogP contribution < -0.4 is 5.32 Å². The summed E-state index contributed by atoms with van der Waals surface area (Å²) in [6.07, 6.45) is 5.41. The van der Waals surface area contributed by atoms with Crippen LogP contribution in [0.4, 0.5) is 0 Å². The lowest BCUT2D eigenvalue weighted by Crippen LogP contribution is -2.37. The molecule has 0 radical (unpaired) electrons. The van der Waals surface area contributed by atoms with Gasteiger partial charge in [-0.25, -0.2) is 0 Å². The molecule has 1 aromatic heterocycles. The van der Waals surface area contributed by atoms with Gasteiger partial charge in [0.15, 0.2) is 5.76 Å². The smallest absolute Gasteiger partial charge is 0.150 e. The first-order chi connectivity index (χ1) is 8.79. The molecule has 3 rings (SSSR count). The summed E-state index contributed by atoms with van der Waals surface area (Å²) in [5.74, 6) is 1.88. The molecule has 18 heavy (non-hydrogen) atoms. The second-order valence-corrected chi connectivity index (χ2v) is 5.84. The molecule has 0 spiro atoms. The van der Waals surface area contributed by atoms with E-state index in [2.05, 4.69) is 15.4 Å². The van der Waals surface area contributed by atoms with E-state index in [1.807, 2.05) is 13.0 Å². The number of nitrogens with zero attached hydrogens (tertiary/aromatic N) is 2. The number of piperidine rings is 1. The Morgan fingerprint density at radius 2 is 2.11 bits per heavy atom. The zero-order chi connectivity index (χ0) is 12.4. The van der Waals surface area contributed by atoms with Crippen molar-refractivity contribution >= 4 is 0 Å². The van der Waals surface area contributed by atoms with E-state index in [0.29, 0.717) is 0 Å². The van der Waals surface area contributed by atoms with E-state index in [4.69, 9.17) is 4.52 Å². The Labute approximate surface area is 109 Å². The van der Waals surface area contributed by atoms with Crippen LogP contribution in [0.3, 0.4) is 0 Å². The highest BCUT2D eigenvalue weighted by molar-refractivity contribution is 5.03. The summed E-state index contributed by atoms with van der Waals surface area (Å²) < 4.78 is 5.28. The quantitative estimate of drug-likeness (QED) is 0.866. The SMILES string of the molecule is Cc1cc(CN2CCC(CNC3CC3)CC2)on1. The molecule has 0 amide bonds. The Kier molecular flexibility index (Phi) is 3.66. The summed E-state index contributed by atoms with van der Waals surface area (Å²) in [7, 11) is 0.